The van der Waals surface area contributed by atoms with Crippen LogP contribution in [0.25, 0.3) is 33.4 Å². The zero-order valence-electron chi connectivity index (χ0n) is 15.9. The molecule has 1 N–H and O–H groups in total. The third-order valence-corrected chi connectivity index (χ3v) is 4.57. The summed E-state index contributed by atoms with van der Waals surface area (Å²) in [5.74, 6) is 2.90. The van der Waals surface area contributed by atoms with Crippen molar-refractivity contribution >= 4 is 16.7 Å². The maximum atomic E-state index is 5.55. The van der Waals surface area contributed by atoms with Crippen molar-refractivity contribution in [3.05, 3.63) is 60.9 Å². The lowest BCUT2D eigenvalue weighted by Gasteiger charge is -2.13. The zero-order valence-corrected chi connectivity index (χ0v) is 15.9. The first-order valence-corrected chi connectivity index (χ1v) is 8.86. The third-order valence-electron chi connectivity index (χ3n) is 4.57. The fourth-order valence-electron chi connectivity index (χ4n) is 3.15. The molecule has 0 fully saturated rings. The monoisotopic (exact) mass is 372 g/mol. The summed E-state index contributed by atoms with van der Waals surface area (Å²) in [6.07, 6.45) is 3.50. The van der Waals surface area contributed by atoms with E-state index in [1.165, 1.54) is 0 Å². The lowest BCUT2D eigenvalue weighted by Crippen LogP contribution is -1.99. The number of nitrogens with one attached hydrogen (secondary N) is 1. The number of methoxy groups -OCH3 is 2. The molecule has 0 radical (unpaired) electrons. The minimum atomic E-state index is 0.639. The van der Waals surface area contributed by atoms with Gasteiger partial charge in [0.05, 0.1) is 19.7 Å². The molecule has 4 rings (SSSR count). The van der Waals surface area contributed by atoms with E-state index in [1.807, 2.05) is 49.5 Å². The first-order chi connectivity index (χ1) is 13.7. The summed E-state index contributed by atoms with van der Waals surface area (Å²) < 4.78 is 10.8. The van der Waals surface area contributed by atoms with Crippen LogP contribution in [0, 0.1) is 0 Å². The fraction of sp³-hybridized carbons (Fsp3) is 0.136. The lowest BCUT2D eigenvalue weighted by atomic mass is 10.0. The molecule has 0 aliphatic heterocycles. The minimum absolute atomic E-state index is 0.639. The van der Waals surface area contributed by atoms with Gasteiger partial charge in [-0.05, 0) is 42.0 Å². The number of hydrogen-bond donors (Lipinski definition) is 1. The average molecular weight is 372 g/mol. The summed E-state index contributed by atoms with van der Waals surface area (Å²) in [4.78, 5) is 13.6. The number of anilines is 1. The van der Waals surface area contributed by atoms with Gasteiger partial charge in [0.1, 0.15) is 17.3 Å². The van der Waals surface area contributed by atoms with E-state index in [-0.39, 0.29) is 0 Å². The van der Waals surface area contributed by atoms with E-state index in [0.29, 0.717) is 5.82 Å². The molecular formula is C22H20N4O2. The van der Waals surface area contributed by atoms with Crippen LogP contribution in [-0.4, -0.2) is 36.2 Å². The van der Waals surface area contributed by atoms with Gasteiger partial charge in [0, 0.05) is 42.0 Å². The maximum absolute atomic E-state index is 5.55. The highest BCUT2D eigenvalue weighted by Crippen LogP contribution is 2.36. The van der Waals surface area contributed by atoms with Crippen LogP contribution in [-0.2, 0) is 0 Å². The van der Waals surface area contributed by atoms with Gasteiger partial charge in [0.25, 0.3) is 0 Å². The first-order valence-electron chi connectivity index (χ1n) is 8.86. The van der Waals surface area contributed by atoms with Crippen molar-refractivity contribution in [3.63, 3.8) is 0 Å². The molecule has 0 unspecified atom stereocenters. The van der Waals surface area contributed by atoms with Gasteiger partial charge >= 0.3 is 0 Å². The zero-order chi connectivity index (χ0) is 19.5. The van der Waals surface area contributed by atoms with Gasteiger partial charge in [-0.15, -0.1) is 0 Å². The Morgan fingerprint density at radius 1 is 0.893 bits per heavy atom. The molecular weight excluding hydrogens is 352 g/mol. The number of ether oxygens (including phenoxy) is 2. The summed E-state index contributed by atoms with van der Waals surface area (Å²) in [6.45, 7) is 0. The van der Waals surface area contributed by atoms with Gasteiger partial charge in [0.2, 0.25) is 0 Å². The van der Waals surface area contributed by atoms with Gasteiger partial charge < -0.3 is 14.8 Å². The Kier molecular flexibility index (Phi) is 4.76. The van der Waals surface area contributed by atoms with Crippen LogP contribution in [0.3, 0.4) is 0 Å². The smallest absolute Gasteiger partial charge is 0.163 e. The van der Waals surface area contributed by atoms with Crippen molar-refractivity contribution < 1.29 is 9.47 Å². The van der Waals surface area contributed by atoms with Gasteiger partial charge in [-0.1, -0.05) is 6.07 Å². The van der Waals surface area contributed by atoms with Gasteiger partial charge in [-0.25, -0.2) is 9.97 Å². The van der Waals surface area contributed by atoms with Crippen molar-refractivity contribution in [1.29, 1.82) is 0 Å². The van der Waals surface area contributed by atoms with Crippen LogP contribution in [0.4, 0.5) is 5.82 Å². The third kappa shape index (κ3) is 3.20. The number of pyridine rings is 1. The number of fused-ring (bicyclic) bond motifs is 1. The van der Waals surface area contributed by atoms with Crippen molar-refractivity contribution in [2.24, 2.45) is 0 Å². The van der Waals surface area contributed by atoms with Crippen LogP contribution >= 0.6 is 0 Å². The molecule has 6 nitrogen and oxygen atoms in total. The summed E-state index contributed by atoms with van der Waals surface area (Å²) in [5.41, 5.74) is 3.72. The maximum Gasteiger partial charge on any atom is 0.163 e. The molecule has 6 heteroatoms. The molecule has 2 aromatic carbocycles. The Morgan fingerprint density at radius 2 is 1.79 bits per heavy atom. The molecule has 2 aromatic heterocycles. The normalized spacial score (nSPS) is 10.7. The van der Waals surface area contributed by atoms with E-state index in [1.54, 1.807) is 26.6 Å². The average Bonchev–Trinajstić information content (AvgIpc) is 2.78. The number of hydrogen-bond acceptors (Lipinski definition) is 6. The van der Waals surface area contributed by atoms with Crippen LogP contribution in [0.2, 0.25) is 0 Å². The standard InChI is InChI=1S/C22H20N4O2/c1-23-22-18-11-14(17-8-7-16(27-2)12-20(17)28-3)6-9-19(18)25-21(26-22)15-5-4-10-24-13-15/h4-13H,1-3H3,(H,23,25,26). The molecule has 0 atom stereocenters. The second-order valence-corrected chi connectivity index (χ2v) is 6.19. The van der Waals surface area contributed by atoms with E-state index < -0.39 is 0 Å². The Morgan fingerprint density at radius 3 is 2.50 bits per heavy atom. The molecule has 0 spiro atoms. The largest absolute Gasteiger partial charge is 0.497 e. The van der Waals surface area contributed by atoms with Crippen LogP contribution in [0.1, 0.15) is 0 Å². The lowest BCUT2D eigenvalue weighted by molar-refractivity contribution is 0.395. The first kappa shape index (κ1) is 17.7. The van der Waals surface area contributed by atoms with E-state index in [2.05, 4.69) is 21.4 Å². The predicted octanol–water partition coefficient (Wildman–Crippen LogP) is 4.42. The van der Waals surface area contributed by atoms with E-state index >= 15 is 0 Å². The second kappa shape index (κ2) is 7.52. The van der Waals surface area contributed by atoms with Gasteiger partial charge in [-0.2, -0.15) is 0 Å². The summed E-state index contributed by atoms with van der Waals surface area (Å²) in [7, 11) is 5.15. The Bertz CT molecular complexity index is 1130. The molecule has 0 saturated carbocycles. The minimum Gasteiger partial charge on any atom is -0.497 e. The van der Waals surface area contributed by atoms with Crippen LogP contribution < -0.4 is 14.8 Å². The van der Waals surface area contributed by atoms with Gasteiger partial charge in [0.15, 0.2) is 5.82 Å². The molecule has 0 aliphatic carbocycles. The van der Waals surface area contributed by atoms with Crippen molar-refractivity contribution in [3.8, 4) is 34.0 Å². The Labute approximate surface area is 163 Å². The number of benzene rings is 2. The number of aromatic nitrogens is 3. The Hall–Kier alpha value is -3.67. The Balaban J connectivity index is 1.86. The van der Waals surface area contributed by atoms with Crippen LogP contribution in [0.5, 0.6) is 11.5 Å². The fourth-order valence-corrected chi connectivity index (χ4v) is 3.15. The van der Waals surface area contributed by atoms with Crippen molar-refractivity contribution in [2.75, 3.05) is 26.6 Å². The molecule has 0 saturated heterocycles. The number of rotatable bonds is 5. The number of nitrogens with zero attached hydrogens (tertiary/aromatic N) is 3. The SMILES string of the molecule is CNc1nc(-c2cccnc2)nc2ccc(-c3ccc(OC)cc3OC)cc12. The van der Waals surface area contributed by atoms with Crippen LogP contribution in [0.15, 0.2) is 60.9 Å². The highest BCUT2D eigenvalue weighted by Gasteiger charge is 2.13. The topological polar surface area (TPSA) is 69.2 Å². The molecule has 0 amide bonds. The molecule has 0 aliphatic rings. The van der Waals surface area contributed by atoms with Crippen molar-refractivity contribution in [2.45, 2.75) is 0 Å². The summed E-state index contributed by atoms with van der Waals surface area (Å²) >= 11 is 0. The molecule has 140 valence electrons. The van der Waals surface area contributed by atoms with Gasteiger partial charge in [-0.3, -0.25) is 4.98 Å². The molecule has 28 heavy (non-hydrogen) atoms. The molecule has 4 aromatic rings. The van der Waals surface area contributed by atoms with Crippen molar-refractivity contribution in [1.82, 2.24) is 15.0 Å². The quantitative estimate of drug-likeness (QED) is 0.559. The molecule has 2 heterocycles. The highest BCUT2D eigenvalue weighted by molar-refractivity contribution is 5.94. The second-order valence-electron chi connectivity index (χ2n) is 6.19. The van der Waals surface area contributed by atoms with E-state index in [4.69, 9.17) is 14.5 Å². The van der Waals surface area contributed by atoms with E-state index in [0.717, 1.165) is 44.9 Å². The molecule has 0 bridgehead atoms. The highest BCUT2D eigenvalue weighted by atomic mass is 16.5. The van der Waals surface area contributed by atoms with E-state index in [9.17, 15) is 0 Å². The predicted molar refractivity (Wildman–Crippen MR) is 111 cm³/mol. The summed E-state index contributed by atoms with van der Waals surface area (Å²) in [5, 5.41) is 4.12. The summed E-state index contributed by atoms with van der Waals surface area (Å²) in [6, 6.07) is 15.7.